The fraction of sp³-hybridized carbons (Fsp3) is 0.190. The topological polar surface area (TPSA) is 69.0 Å². The molecule has 0 unspecified atom stereocenters. The number of carbonyl (C=O) groups excluding carboxylic acids is 1. The number of aromatic nitrogens is 3. The Morgan fingerprint density at radius 1 is 1.23 bits per heavy atom. The van der Waals surface area contributed by atoms with Gasteiger partial charge in [-0.15, -0.1) is 22.7 Å². The molecule has 30 heavy (non-hydrogen) atoms. The lowest BCUT2D eigenvalue weighted by atomic mass is 10.2. The van der Waals surface area contributed by atoms with Crippen LogP contribution >= 0.6 is 34.3 Å². The molecule has 0 fully saturated rings. The van der Waals surface area contributed by atoms with Crippen LogP contribution in [0.25, 0.3) is 11.3 Å². The standard InChI is InChI=1S/C21H19ClN4O2S2/c1-12-6-15(4-5-17(12)22)28-9-14-7-19(29-10-14)20(27)25-21-24-18(11-30-21)16-8-23-26(3)13(16)2/h4-8,10-11H,9H2,1-3H3,(H,24,25,27). The number of hydrogen-bond acceptors (Lipinski definition) is 6. The van der Waals surface area contributed by atoms with Gasteiger partial charge in [0.05, 0.1) is 16.8 Å². The van der Waals surface area contributed by atoms with Crippen molar-refractivity contribution in [2.45, 2.75) is 20.5 Å². The Kier molecular flexibility index (Phi) is 5.90. The van der Waals surface area contributed by atoms with Crippen molar-refractivity contribution in [3.05, 3.63) is 67.9 Å². The van der Waals surface area contributed by atoms with E-state index in [4.69, 9.17) is 16.3 Å². The maximum atomic E-state index is 12.6. The molecule has 1 amide bonds. The number of carbonyl (C=O) groups is 1. The van der Waals surface area contributed by atoms with Crippen molar-refractivity contribution >= 4 is 45.3 Å². The summed E-state index contributed by atoms with van der Waals surface area (Å²) in [6.45, 7) is 4.30. The fourth-order valence-electron chi connectivity index (χ4n) is 2.81. The van der Waals surface area contributed by atoms with E-state index in [1.807, 2.05) is 55.9 Å². The zero-order chi connectivity index (χ0) is 21.3. The smallest absolute Gasteiger partial charge is 0.267 e. The first-order chi connectivity index (χ1) is 14.4. The van der Waals surface area contributed by atoms with Crippen LogP contribution in [0.5, 0.6) is 5.75 Å². The van der Waals surface area contributed by atoms with Crippen molar-refractivity contribution in [2.24, 2.45) is 7.05 Å². The third-order valence-electron chi connectivity index (χ3n) is 4.65. The second-order valence-electron chi connectivity index (χ2n) is 6.78. The number of amides is 1. The molecule has 4 rings (SSSR count). The highest BCUT2D eigenvalue weighted by Gasteiger charge is 2.14. The predicted molar refractivity (Wildman–Crippen MR) is 122 cm³/mol. The van der Waals surface area contributed by atoms with Crippen LogP contribution in [0.2, 0.25) is 5.02 Å². The van der Waals surface area contributed by atoms with E-state index in [0.717, 1.165) is 33.8 Å². The van der Waals surface area contributed by atoms with E-state index < -0.39 is 0 Å². The van der Waals surface area contributed by atoms with Crippen LogP contribution in [-0.2, 0) is 13.7 Å². The van der Waals surface area contributed by atoms with Crippen LogP contribution in [0.15, 0.2) is 41.2 Å². The summed E-state index contributed by atoms with van der Waals surface area (Å²) in [4.78, 5) is 17.7. The highest BCUT2D eigenvalue weighted by atomic mass is 35.5. The van der Waals surface area contributed by atoms with E-state index in [1.165, 1.54) is 22.7 Å². The molecule has 6 nitrogen and oxygen atoms in total. The van der Waals surface area contributed by atoms with Crippen LogP contribution in [0, 0.1) is 13.8 Å². The highest BCUT2D eigenvalue weighted by Crippen LogP contribution is 2.28. The van der Waals surface area contributed by atoms with Crippen molar-refractivity contribution in [1.29, 1.82) is 0 Å². The number of nitrogens with zero attached hydrogens (tertiary/aromatic N) is 3. The summed E-state index contributed by atoms with van der Waals surface area (Å²) in [7, 11) is 1.89. The minimum absolute atomic E-state index is 0.183. The number of halogens is 1. The largest absolute Gasteiger partial charge is 0.489 e. The molecule has 9 heteroatoms. The molecule has 4 aromatic rings. The lowest BCUT2D eigenvalue weighted by molar-refractivity contribution is 0.103. The van der Waals surface area contributed by atoms with Gasteiger partial charge in [0.2, 0.25) is 0 Å². The van der Waals surface area contributed by atoms with Gasteiger partial charge in [-0.3, -0.25) is 14.8 Å². The van der Waals surface area contributed by atoms with Gasteiger partial charge in [0, 0.05) is 34.3 Å². The lowest BCUT2D eigenvalue weighted by Crippen LogP contribution is -2.09. The Labute approximate surface area is 187 Å². The van der Waals surface area contributed by atoms with Gasteiger partial charge in [-0.05, 0) is 49.1 Å². The average molecular weight is 459 g/mol. The van der Waals surface area contributed by atoms with Crippen molar-refractivity contribution in [2.75, 3.05) is 5.32 Å². The second kappa shape index (κ2) is 8.59. The van der Waals surface area contributed by atoms with Crippen molar-refractivity contribution < 1.29 is 9.53 Å². The molecule has 0 aliphatic rings. The predicted octanol–water partition coefficient (Wildman–Crippen LogP) is 5.71. The zero-order valence-corrected chi connectivity index (χ0v) is 19.0. The monoisotopic (exact) mass is 458 g/mol. The van der Waals surface area contributed by atoms with Crippen molar-refractivity contribution in [3.8, 4) is 17.0 Å². The third kappa shape index (κ3) is 4.40. The van der Waals surface area contributed by atoms with E-state index in [1.54, 1.807) is 10.9 Å². The number of nitrogens with one attached hydrogen (secondary N) is 1. The van der Waals surface area contributed by atoms with Crippen molar-refractivity contribution in [3.63, 3.8) is 0 Å². The lowest BCUT2D eigenvalue weighted by Gasteiger charge is -2.06. The van der Waals surface area contributed by atoms with E-state index >= 15 is 0 Å². The van der Waals surface area contributed by atoms with Gasteiger partial charge in [-0.1, -0.05) is 11.6 Å². The number of thiophene rings is 1. The van der Waals surface area contributed by atoms with Crippen LogP contribution in [0.3, 0.4) is 0 Å². The van der Waals surface area contributed by atoms with Gasteiger partial charge in [-0.2, -0.15) is 5.10 Å². The molecule has 0 aliphatic carbocycles. The van der Waals surface area contributed by atoms with E-state index in [-0.39, 0.29) is 5.91 Å². The number of thiazole rings is 1. The van der Waals surface area contributed by atoms with Gasteiger partial charge in [0.15, 0.2) is 5.13 Å². The minimum atomic E-state index is -0.183. The number of aryl methyl sites for hydroxylation is 2. The molecule has 0 radical (unpaired) electrons. The molecule has 0 spiro atoms. The Morgan fingerprint density at radius 2 is 2.07 bits per heavy atom. The minimum Gasteiger partial charge on any atom is -0.489 e. The molecule has 1 aromatic carbocycles. The van der Waals surface area contributed by atoms with Gasteiger partial charge in [0.1, 0.15) is 12.4 Å². The molecule has 0 aliphatic heterocycles. The van der Waals surface area contributed by atoms with Gasteiger partial charge < -0.3 is 4.74 Å². The Hall–Kier alpha value is -2.68. The van der Waals surface area contributed by atoms with Gasteiger partial charge >= 0.3 is 0 Å². The number of ether oxygens (including phenoxy) is 1. The summed E-state index contributed by atoms with van der Waals surface area (Å²) in [5.41, 5.74) is 4.69. The maximum absolute atomic E-state index is 12.6. The van der Waals surface area contributed by atoms with Crippen molar-refractivity contribution in [1.82, 2.24) is 14.8 Å². The van der Waals surface area contributed by atoms with Crippen LogP contribution in [0.1, 0.15) is 26.5 Å². The van der Waals surface area contributed by atoms with Crippen LogP contribution < -0.4 is 10.1 Å². The quantitative estimate of drug-likeness (QED) is 0.402. The molecule has 0 saturated carbocycles. The van der Waals surface area contributed by atoms with Gasteiger partial charge in [-0.25, -0.2) is 4.98 Å². The first kappa shape index (κ1) is 20.6. The summed E-state index contributed by atoms with van der Waals surface area (Å²) in [5.74, 6) is 0.563. The molecule has 1 N–H and O–H groups in total. The maximum Gasteiger partial charge on any atom is 0.267 e. The first-order valence-corrected chi connectivity index (χ1v) is 11.3. The Morgan fingerprint density at radius 3 is 2.80 bits per heavy atom. The molecular formula is C21H19ClN4O2S2. The summed E-state index contributed by atoms with van der Waals surface area (Å²) >= 11 is 8.81. The highest BCUT2D eigenvalue weighted by molar-refractivity contribution is 7.14. The zero-order valence-electron chi connectivity index (χ0n) is 16.6. The first-order valence-electron chi connectivity index (χ1n) is 9.13. The average Bonchev–Trinajstić information content (AvgIpc) is 3.45. The number of benzene rings is 1. The summed E-state index contributed by atoms with van der Waals surface area (Å²) in [5, 5.41) is 12.2. The molecule has 154 valence electrons. The summed E-state index contributed by atoms with van der Waals surface area (Å²) < 4.78 is 7.60. The molecule has 3 aromatic heterocycles. The number of hydrogen-bond donors (Lipinski definition) is 1. The summed E-state index contributed by atoms with van der Waals surface area (Å²) in [6, 6.07) is 7.38. The van der Waals surface area contributed by atoms with Crippen LogP contribution in [-0.4, -0.2) is 20.7 Å². The fourth-order valence-corrected chi connectivity index (χ4v) is 4.42. The molecule has 0 saturated heterocycles. The SMILES string of the molecule is Cc1cc(OCc2csc(C(=O)Nc3nc(-c4cnn(C)c4C)cs3)c2)ccc1Cl. The Balaban J connectivity index is 1.38. The molecule has 3 heterocycles. The second-order valence-corrected chi connectivity index (χ2v) is 8.95. The van der Waals surface area contributed by atoms with Crippen LogP contribution in [0.4, 0.5) is 5.13 Å². The molecular weight excluding hydrogens is 440 g/mol. The molecule has 0 atom stereocenters. The van der Waals surface area contributed by atoms with E-state index in [2.05, 4.69) is 15.4 Å². The third-order valence-corrected chi connectivity index (χ3v) is 6.81. The van der Waals surface area contributed by atoms with E-state index in [0.29, 0.717) is 21.6 Å². The number of rotatable bonds is 6. The summed E-state index contributed by atoms with van der Waals surface area (Å²) in [6.07, 6.45) is 1.78. The van der Waals surface area contributed by atoms with Gasteiger partial charge in [0.25, 0.3) is 5.91 Å². The molecule has 0 bridgehead atoms. The Bertz CT molecular complexity index is 1210. The van der Waals surface area contributed by atoms with E-state index in [9.17, 15) is 4.79 Å². The normalized spacial score (nSPS) is 10.9. The number of anilines is 1.